The molecule has 0 spiro atoms. The van der Waals surface area contributed by atoms with Gasteiger partial charge in [0.2, 0.25) is 0 Å². The second-order valence-electron chi connectivity index (χ2n) is 9.19. The number of nitrogens with one attached hydrogen (secondary N) is 1. The third kappa shape index (κ3) is 4.85. The van der Waals surface area contributed by atoms with Gasteiger partial charge in [0, 0.05) is 30.8 Å². The lowest BCUT2D eigenvalue weighted by molar-refractivity contribution is 0.0656. The maximum absolute atomic E-state index is 12.8. The monoisotopic (exact) mass is 424 g/mol. The summed E-state index contributed by atoms with van der Waals surface area (Å²) in [5.74, 6) is 0.804. The van der Waals surface area contributed by atoms with Crippen LogP contribution in [-0.4, -0.2) is 49.3 Å². The van der Waals surface area contributed by atoms with Gasteiger partial charge in [-0.15, -0.1) is 5.10 Å². The SMILES string of the molecule is CCC(C)(C)n1nnnc1CN(Cc1cc2cc(C)ccc2[nH]c1=O)C[C@H]1CCCO1. The minimum atomic E-state index is -0.174. The number of H-pyrrole nitrogens is 1. The molecule has 166 valence electrons. The highest BCUT2D eigenvalue weighted by molar-refractivity contribution is 5.79. The summed E-state index contributed by atoms with van der Waals surface area (Å²) < 4.78 is 7.80. The predicted octanol–water partition coefficient (Wildman–Crippen LogP) is 3.15. The Hall–Kier alpha value is -2.58. The number of ether oxygens (including phenoxy) is 1. The van der Waals surface area contributed by atoms with Gasteiger partial charge in [-0.25, -0.2) is 4.68 Å². The molecule has 0 bridgehead atoms. The van der Waals surface area contributed by atoms with Crippen molar-refractivity contribution in [2.45, 2.75) is 71.7 Å². The molecule has 1 N–H and O–H groups in total. The Morgan fingerprint density at radius 3 is 2.87 bits per heavy atom. The Morgan fingerprint density at radius 2 is 2.13 bits per heavy atom. The van der Waals surface area contributed by atoms with Crippen molar-refractivity contribution in [1.82, 2.24) is 30.1 Å². The molecule has 1 aliphatic heterocycles. The Kier molecular flexibility index (Phi) is 6.20. The quantitative estimate of drug-likeness (QED) is 0.598. The fourth-order valence-electron chi connectivity index (χ4n) is 4.12. The molecule has 3 aromatic rings. The smallest absolute Gasteiger partial charge is 0.252 e. The van der Waals surface area contributed by atoms with Gasteiger partial charge in [0.25, 0.3) is 5.56 Å². The molecular formula is C23H32N6O2. The number of rotatable bonds is 8. The van der Waals surface area contributed by atoms with Gasteiger partial charge < -0.3 is 9.72 Å². The summed E-state index contributed by atoms with van der Waals surface area (Å²) in [7, 11) is 0. The van der Waals surface area contributed by atoms with Gasteiger partial charge in [-0.2, -0.15) is 0 Å². The summed E-state index contributed by atoms with van der Waals surface area (Å²) in [4.78, 5) is 18.1. The molecule has 1 atom stereocenters. The van der Waals surface area contributed by atoms with E-state index in [1.165, 1.54) is 5.56 Å². The number of benzene rings is 1. The van der Waals surface area contributed by atoms with E-state index in [-0.39, 0.29) is 17.2 Å². The molecule has 1 saturated heterocycles. The number of tetrazole rings is 1. The zero-order valence-corrected chi connectivity index (χ0v) is 18.9. The van der Waals surface area contributed by atoms with Crippen LogP contribution >= 0.6 is 0 Å². The zero-order chi connectivity index (χ0) is 22.0. The predicted molar refractivity (Wildman–Crippen MR) is 120 cm³/mol. The summed E-state index contributed by atoms with van der Waals surface area (Å²) in [6, 6.07) is 8.07. The first-order chi connectivity index (χ1) is 14.9. The number of hydrogen-bond donors (Lipinski definition) is 1. The first-order valence-corrected chi connectivity index (χ1v) is 11.1. The standard InChI is InChI=1S/C23H32N6O2/c1-5-23(3,4)29-21(25-26-27-29)15-28(14-19-7-6-10-31-19)13-18-12-17-11-16(2)8-9-20(17)24-22(18)30/h8-9,11-12,19H,5-7,10,13-15H2,1-4H3,(H,24,30)/t19-/m1/s1. The Morgan fingerprint density at radius 1 is 1.29 bits per heavy atom. The summed E-state index contributed by atoms with van der Waals surface area (Å²) in [5.41, 5.74) is 2.54. The van der Waals surface area contributed by atoms with Crippen LogP contribution in [0, 0.1) is 6.92 Å². The van der Waals surface area contributed by atoms with Crippen molar-refractivity contribution in [2.24, 2.45) is 0 Å². The number of aromatic nitrogens is 5. The molecule has 8 heteroatoms. The van der Waals surface area contributed by atoms with E-state index < -0.39 is 0 Å². The second kappa shape index (κ2) is 8.88. The van der Waals surface area contributed by atoms with Gasteiger partial charge in [-0.3, -0.25) is 9.69 Å². The van der Waals surface area contributed by atoms with Crippen molar-refractivity contribution in [3.8, 4) is 0 Å². The molecule has 0 saturated carbocycles. The molecule has 0 aliphatic carbocycles. The number of pyridine rings is 1. The number of hydrogen-bond acceptors (Lipinski definition) is 6. The molecule has 0 radical (unpaired) electrons. The Bertz CT molecular complexity index is 1100. The van der Waals surface area contributed by atoms with Crippen LogP contribution in [0.4, 0.5) is 0 Å². The van der Waals surface area contributed by atoms with Crippen LogP contribution in [0.3, 0.4) is 0 Å². The highest BCUT2D eigenvalue weighted by Gasteiger charge is 2.26. The molecule has 0 amide bonds. The molecule has 8 nitrogen and oxygen atoms in total. The number of nitrogens with zero attached hydrogens (tertiary/aromatic N) is 5. The summed E-state index contributed by atoms with van der Waals surface area (Å²) in [6.45, 7) is 11.1. The van der Waals surface area contributed by atoms with E-state index >= 15 is 0 Å². The van der Waals surface area contributed by atoms with Gasteiger partial charge in [-0.05, 0) is 74.0 Å². The van der Waals surface area contributed by atoms with E-state index in [2.05, 4.69) is 59.2 Å². The van der Waals surface area contributed by atoms with Crippen LogP contribution < -0.4 is 5.56 Å². The maximum Gasteiger partial charge on any atom is 0.252 e. The van der Waals surface area contributed by atoms with Crippen LogP contribution in [0.2, 0.25) is 0 Å². The van der Waals surface area contributed by atoms with Gasteiger partial charge in [0.1, 0.15) is 0 Å². The molecule has 2 aromatic heterocycles. The average Bonchev–Trinajstić information content (AvgIpc) is 3.41. The minimum Gasteiger partial charge on any atom is -0.377 e. The van der Waals surface area contributed by atoms with Gasteiger partial charge in [0.05, 0.1) is 18.2 Å². The van der Waals surface area contributed by atoms with Gasteiger partial charge in [0.15, 0.2) is 5.82 Å². The molecule has 31 heavy (non-hydrogen) atoms. The molecule has 1 aliphatic rings. The largest absolute Gasteiger partial charge is 0.377 e. The fourth-order valence-corrected chi connectivity index (χ4v) is 4.12. The van der Waals surface area contributed by atoms with Crippen LogP contribution in [0.1, 0.15) is 57.0 Å². The lowest BCUT2D eigenvalue weighted by atomic mass is 10.0. The van der Waals surface area contributed by atoms with Crippen molar-refractivity contribution >= 4 is 10.9 Å². The Balaban J connectivity index is 1.63. The van der Waals surface area contributed by atoms with Gasteiger partial charge >= 0.3 is 0 Å². The zero-order valence-electron chi connectivity index (χ0n) is 18.9. The number of aromatic amines is 1. The lowest BCUT2D eigenvalue weighted by Crippen LogP contribution is -2.36. The van der Waals surface area contributed by atoms with Crippen molar-refractivity contribution in [3.63, 3.8) is 0 Å². The normalized spacial score (nSPS) is 17.1. The third-order valence-electron chi connectivity index (χ3n) is 6.29. The van der Waals surface area contributed by atoms with E-state index in [9.17, 15) is 4.79 Å². The van der Waals surface area contributed by atoms with E-state index in [0.29, 0.717) is 13.1 Å². The van der Waals surface area contributed by atoms with Crippen molar-refractivity contribution in [3.05, 3.63) is 51.6 Å². The van der Waals surface area contributed by atoms with Crippen LogP contribution in [-0.2, 0) is 23.4 Å². The fraction of sp³-hybridized carbons (Fsp3) is 0.565. The number of fused-ring (bicyclic) bond motifs is 1. The average molecular weight is 425 g/mol. The van der Waals surface area contributed by atoms with Gasteiger partial charge in [-0.1, -0.05) is 18.6 Å². The van der Waals surface area contributed by atoms with Crippen molar-refractivity contribution in [2.75, 3.05) is 13.2 Å². The van der Waals surface area contributed by atoms with Crippen molar-refractivity contribution < 1.29 is 4.74 Å². The molecular weight excluding hydrogens is 392 g/mol. The summed E-state index contributed by atoms with van der Waals surface area (Å²) in [6.07, 6.45) is 3.20. The first kappa shape index (κ1) is 21.6. The highest BCUT2D eigenvalue weighted by Crippen LogP contribution is 2.22. The van der Waals surface area contributed by atoms with E-state index in [1.807, 2.05) is 22.9 Å². The highest BCUT2D eigenvalue weighted by atomic mass is 16.5. The van der Waals surface area contributed by atoms with Crippen LogP contribution in [0.15, 0.2) is 29.1 Å². The van der Waals surface area contributed by atoms with Crippen LogP contribution in [0.25, 0.3) is 10.9 Å². The molecule has 1 aromatic carbocycles. The maximum atomic E-state index is 12.8. The number of aryl methyl sites for hydroxylation is 1. The minimum absolute atomic E-state index is 0.0535. The summed E-state index contributed by atoms with van der Waals surface area (Å²) >= 11 is 0. The van der Waals surface area contributed by atoms with Crippen molar-refractivity contribution in [1.29, 1.82) is 0 Å². The molecule has 0 unspecified atom stereocenters. The molecule has 4 rings (SSSR count). The van der Waals surface area contributed by atoms with E-state index in [1.54, 1.807) is 0 Å². The Labute approximate surface area is 182 Å². The lowest BCUT2D eigenvalue weighted by Gasteiger charge is -2.28. The summed E-state index contributed by atoms with van der Waals surface area (Å²) in [5, 5.41) is 13.5. The molecule has 1 fully saturated rings. The second-order valence-corrected chi connectivity index (χ2v) is 9.19. The topological polar surface area (TPSA) is 88.9 Å². The van der Waals surface area contributed by atoms with E-state index in [4.69, 9.17) is 4.74 Å². The molecule has 3 heterocycles. The van der Waals surface area contributed by atoms with E-state index in [0.717, 1.165) is 54.7 Å². The third-order valence-corrected chi connectivity index (χ3v) is 6.29. The van der Waals surface area contributed by atoms with Crippen LogP contribution in [0.5, 0.6) is 0 Å². The first-order valence-electron chi connectivity index (χ1n) is 11.1.